The van der Waals surface area contributed by atoms with Crippen molar-refractivity contribution < 1.29 is 13.5 Å². The van der Waals surface area contributed by atoms with Crippen LogP contribution in [0.2, 0.25) is 0 Å². The molecular formula is C12H18F2N2O. The minimum Gasteiger partial charge on any atom is -0.490 e. The van der Waals surface area contributed by atoms with Crippen molar-refractivity contribution in [3.63, 3.8) is 0 Å². The molecule has 1 rings (SSSR count). The van der Waals surface area contributed by atoms with E-state index in [1.165, 1.54) is 6.07 Å². The van der Waals surface area contributed by atoms with Gasteiger partial charge in [0.05, 0.1) is 6.61 Å². The van der Waals surface area contributed by atoms with Gasteiger partial charge in [-0.05, 0) is 32.6 Å². The van der Waals surface area contributed by atoms with Crippen molar-refractivity contribution in [1.82, 2.24) is 4.90 Å². The first-order chi connectivity index (χ1) is 7.99. The summed E-state index contributed by atoms with van der Waals surface area (Å²) in [6.45, 7) is 1.06. The van der Waals surface area contributed by atoms with E-state index in [-0.39, 0.29) is 11.8 Å². The molecule has 0 saturated carbocycles. The molecule has 0 saturated heterocycles. The number of hydrogen-bond donors (Lipinski definition) is 1. The second-order valence-corrected chi connectivity index (χ2v) is 4.23. The molecule has 0 heterocycles. The second kappa shape index (κ2) is 6.51. The van der Waals surface area contributed by atoms with Gasteiger partial charge >= 0.3 is 0 Å². The SMILES string of the molecule is CN(C)CC(N)CCOc1ccc(F)cc1F. The predicted molar refractivity (Wildman–Crippen MR) is 63.0 cm³/mol. The Kier molecular flexibility index (Phi) is 5.31. The van der Waals surface area contributed by atoms with Crippen LogP contribution in [0.5, 0.6) is 5.75 Å². The Morgan fingerprint density at radius 2 is 2.06 bits per heavy atom. The lowest BCUT2D eigenvalue weighted by Gasteiger charge is -2.17. The molecule has 0 bridgehead atoms. The first-order valence-electron chi connectivity index (χ1n) is 5.47. The van der Waals surface area contributed by atoms with Gasteiger partial charge in [-0.2, -0.15) is 0 Å². The van der Waals surface area contributed by atoms with Gasteiger partial charge < -0.3 is 15.4 Å². The monoisotopic (exact) mass is 244 g/mol. The normalized spacial score (nSPS) is 12.8. The Morgan fingerprint density at radius 3 is 2.65 bits per heavy atom. The highest BCUT2D eigenvalue weighted by Gasteiger charge is 2.07. The molecule has 0 amide bonds. The third-order valence-corrected chi connectivity index (χ3v) is 2.24. The van der Waals surface area contributed by atoms with Gasteiger partial charge in [0.1, 0.15) is 5.82 Å². The minimum atomic E-state index is -0.689. The molecule has 1 aromatic rings. The predicted octanol–water partition coefficient (Wildman–Crippen LogP) is 1.62. The molecule has 0 aliphatic carbocycles. The van der Waals surface area contributed by atoms with E-state index in [1.807, 2.05) is 19.0 Å². The summed E-state index contributed by atoms with van der Waals surface area (Å²) >= 11 is 0. The maximum atomic E-state index is 13.2. The lowest BCUT2D eigenvalue weighted by atomic mass is 10.2. The van der Waals surface area contributed by atoms with Crippen LogP contribution in [-0.2, 0) is 0 Å². The van der Waals surface area contributed by atoms with Crippen LogP contribution in [0.1, 0.15) is 6.42 Å². The number of hydrogen-bond acceptors (Lipinski definition) is 3. The molecule has 0 radical (unpaired) electrons. The molecule has 1 unspecified atom stereocenters. The summed E-state index contributed by atoms with van der Waals surface area (Å²) in [5.41, 5.74) is 5.83. The van der Waals surface area contributed by atoms with Crippen molar-refractivity contribution in [2.24, 2.45) is 5.73 Å². The molecule has 5 heteroatoms. The fourth-order valence-electron chi connectivity index (χ4n) is 1.47. The third kappa shape index (κ3) is 5.10. The van der Waals surface area contributed by atoms with Crippen LogP contribution in [-0.4, -0.2) is 38.2 Å². The van der Waals surface area contributed by atoms with Crippen LogP contribution in [0.3, 0.4) is 0 Å². The number of nitrogens with zero attached hydrogens (tertiary/aromatic N) is 1. The van der Waals surface area contributed by atoms with Crippen molar-refractivity contribution in [2.75, 3.05) is 27.2 Å². The molecule has 0 aliphatic rings. The summed E-state index contributed by atoms with van der Waals surface area (Å²) in [7, 11) is 3.86. The standard InChI is InChI=1S/C12H18F2N2O/c1-16(2)8-10(15)5-6-17-12-4-3-9(13)7-11(12)14/h3-4,7,10H,5-6,8,15H2,1-2H3. The minimum absolute atomic E-state index is 0.0199. The molecule has 0 aliphatic heterocycles. The van der Waals surface area contributed by atoms with E-state index in [0.717, 1.165) is 18.7 Å². The van der Waals surface area contributed by atoms with Crippen LogP contribution < -0.4 is 10.5 Å². The first kappa shape index (κ1) is 13.9. The van der Waals surface area contributed by atoms with Crippen molar-refractivity contribution in [2.45, 2.75) is 12.5 Å². The highest BCUT2D eigenvalue weighted by molar-refractivity contribution is 5.24. The molecule has 3 nitrogen and oxygen atoms in total. The number of ether oxygens (including phenoxy) is 1. The summed E-state index contributed by atoms with van der Waals surface area (Å²) in [4.78, 5) is 1.98. The Balaban J connectivity index is 2.35. The highest BCUT2D eigenvalue weighted by atomic mass is 19.1. The van der Waals surface area contributed by atoms with Gasteiger partial charge in [-0.25, -0.2) is 8.78 Å². The quantitative estimate of drug-likeness (QED) is 0.826. The van der Waals surface area contributed by atoms with Crippen molar-refractivity contribution in [1.29, 1.82) is 0 Å². The number of rotatable bonds is 6. The molecular weight excluding hydrogens is 226 g/mol. The Bertz CT molecular complexity index is 358. The fraction of sp³-hybridized carbons (Fsp3) is 0.500. The van der Waals surface area contributed by atoms with Gasteiger partial charge in [-0.1, -0.05) is 0 Å². The molecule has 0 spiro atoms. The van der Waals surface area contributed by atoms with E-state index in [2.05, 4.69) is 0 Å². The van der Waals surface area contributed by atoms with Crippen LogP contribution in [0.4, 0.5) is 8.78 Å². The summed E-state index contributed by atoms with van der Waals surface area (Å²) in [5, 5.41) is 0. The van der Waals surface area contributed by atoms with Gasteiger partial charge in [0.15, 0.2) is 11.6 Å². The maximum Gasteiger partial charge on any atom is 0.167 e. The lowest BCUT2D eigenvalue weighted by Crippen LogP contribution is -2.34. The van der Waals surface area contributed by atoms with Gasteiger partial charge in [-0.15, -0.1) is 0 Å². The molecule has 0 aromatic heterocycles. The third-order valence-electron chi connectivity index (χ3n) is 2.24. The summed E-state index contributed by atoms with van der Waals surface area (Å²) in [5.74, 6) is -1.24. The number of nitrogens with two attached hydrogens (primary N) is 1. The molecule has 2 N–H and O–H groups in total. The second-order valence-electron chi connectivity index (χ2n) is 4.23. The van der Waals surface area contributed by atoms with Gasteiger partial charge in [-0.3, -0.25) is 0 Å². The fourth-order valence-corrected chi connectivity index (χ4v) is 1.47. The van der Waals surface area contributed by atoms with Gasteiger partial charge in [0.2, 0.25) is 0 Å². The smallest absolute Gasteiger partial charge is 0.167 e. The first-order valence-corrected chi connectivity index (χ1v) is 5.47. The summed E-state index contributed by atoms with van der Waals surface area (Å²) < 4.78 is 31.0. The zero-order chi connectivity index (χ0) is 12.8. The van der Waals surface area contributed by atoms with Crippen LogP contribution in [0, 0.1) is 11.6 Å². The van der Waals surface area contributed by atoms with E-state index in [1.54, 1.807) is 0 Å². The Morgan fingerprint density at radius 1 is 1.35 bits per heavy atom. The zero-order valence-electron chi connectivity index (χ0n) is 10.1. The largest absolute Gasteiger partial charge is 0.490 e. The van der Waals surface area contributed by atoms with Crippen molar-refractivity contribution >= 4 is 0 Å². The molecule has 1 atom stereocenters. The molecule has 17 heavy (non-hydrogen) atoms. The van der Waals surface area contributed by atoms with E-state index >= 15 is 0 Å². The topological polar surface area (TPSA) is 38.5 Å². The lowest BCUT2D eigenvalue weighted by molar-refractivity contribution is 0.266. The summed E-state index contributed by atoms with van der Waals surface area (Å²) in [6.07, 6.45) is 0.620. The molecule has 0 fully saturated rings. The highest BCUT2D eigenvalue weighted by Crippen LogP contribution is 2.17. The van der Waals surface area contributed by atoms with E-state index in [0.29, 0.717) is 13.0 Å². The molecule has 1 aromatic carbocycles. The van der Waals surface area contributed by atoms with E-state index in [4.69, 9.17) is 10.5 Å². The number of halogens is 2. The molecule has 96 valence electrons. The van der Waals surface area contributed by atoms with Crippen LogP contribution in [0.25, 0.3) is 0 Å². The van der Waals surface area contributed by atoms with Crippen molar-refractivity contribution in [3.8, 4) is 5.75 Å². The van der Waals surface area contributed by atoms with E-state index < -0.39 is 11.6 Å². The van der Waals surface area contributed by atoms with Crippen LogP contribution >= 0.6 is 0 Å². The maximum absolute atomic E-state index is 13.2. The van der Waals surface area contributed by atoms with Gasteiger partial charge in [0.25, 0.3) is 0 Å². The van der Waals surface area contributed by atoms with Crippen LogP contribution in [0.15, 0.2) is 18.2 Å². The number of benzene rings is 1. The van der Waals surface area contributed by atoms with Crippen molar-refractivity contribution in [3.05, 3.63) is 29.8 Å². The number of likely N-dealkylation sites (N-methyl/N-ethyl adjacent to an activating group) is 1. The summed E-state index contributed by atoms with van der Waals surface area (Å²) in [6, 6.07) is 3.23. The average molecular weight is 244 g/mol. The van der Waals surface area contributed by atoms with Gasteiger partial charge in [0, 0.05) is 18.7 Å². The van der Waals surface area contributed by atoms with E-state index in [9.17, 15) is 8.78 Å². The average Bonchev–Trinajstić information content (AvgIpc) is 2.20. The zero-order valence-corrected chi connectivity index (χ0v) is 10.1. The Labute approximate surface area is 100 Å². The Hall–Kier alpha value is -1.20.